The van der Waals surface area contributed by atoms with Crippen LogP contribution >= 0.6 is 12.2 Å². The summed E-state index contributed by atoms with van der Waals surface area (Å²) in [7, 11) is 0. The molecule has 2 heteroatoms. The molecule has 0 fully saturated rings. The first-order valence-electron chi connectivity index (χ1n) is 3.41. The lowest BCUT2D eigenvalue weighted by atomic mass is 10.3. The number of nitrogens with zero attached hydrogens (tertiary/aromatic N) is 1. The highest BCUT2D eigenvalue weighted by Gasteiger charge is 1.75. The Morgan fingerprint density at radius 2 is 2.36 bits per heavy atom. The van der Waals surface area contributed by atoms with Crippen LogP contribution in [-0.2, 0) is 0 Å². The maximum Gasteiger partial charge on any atom is 0.0667 e. The maximum absolute atomic E-state index is 4.40. The molecule has 0 atom stereocenters. The number of aliphatic imine (C=N–C) groups is 1. The van der Waals surface area contributed by atoms with Gasteiger partial charge in [-0.15, -0.1) is 0 Å². The normalized spacial score (nSPS) is 10.3. The molecule has 0 aromatic carbocycles. The van der Waals surface area contributed by atoms with Gasteiger partial charge >= 0.3 is 0 Å². The topological polar surface area (TPSA) is 12.4 Å². The van der Waals surface area contributed by atoms with Crippen LogP contribution in [0.1, 0.15) is 13.3 Å². The van der Waals surface area contributed by atoms with E-state index in [4.69, 9.17) is 0 Å². The van der Waals surface area contributed by atoms with Crippen molar-refractivity contribution in [2.24, 2.45) is 4.99 Å². The second-order valence-electron chi connectivity index (χ2n) is 1.89. The zero-order chi connectivity index (χ0) is 8.53. The van der Waals surface area contributed by atoms with E-state index in [2.05, 4.69) is 35.9 Å². The Balaban J connectivity index is 3.83. The van der Waals surface area contributed by atoms with E-state index in [1.54, 1.807) is 6.08 Å². The van der Waals surface area contributed by atoms with Crippen molar-refractivity contribution < 1.29 is 0 Å². The van der Waals surface area contributed by atoms with E-state index in [1.165, 1.54) is 0 Å². The summed E-state index contributed by atoms with van der Waals surface area (Å²) < 4.78 is 0. The molecule has 0 unspecified atom stereocenters. The fourth-order valence-electron chi connectivity index (χ4n) is 0.477. The van der Waals surface area contributed by atoms with E-state index in [0.717, 1.165) is 6.42 Å². The molecule has 0 saturated heterocycles. The van der Waals surface area contributed by atoms with Gasteiger partial charge in [0.05, 0.1) is 10.9 Å². The van der Waals surface area contributed by atoms with Gasteiger partial charge in [-0.25, -0.2) is 0 Å². The van der Waals surface area contributed by atoms with Gasteiger partial charge in [0.15, 0.2) is 0 Å². The zero-order valence-electron chi connectivity index (χ0n) is 6.58. The van der Waals surface area contributed by atoms with Crippen LogP contribution in [0.5, 0.6) is 0 Å². The van der Waals surface area contributed by atoms with Gasteiger partial charge in [0.25, 0.3) is 0 Å². The maximum atomic E-state index is 4.40. The number of isothiocyanates is 1. The van der Waals surface area contributed by atoms with E-state index >= 15 is 0 Å². The highest BCUT2D eigenvalue weighted by molar-refractivity contribution is 7.78. The number of allylic oxidation sites excluding steroid dienone is 4. The molecule has 0 spiro atoms. The lowest BCUT2D eigenvalue weighted by Gasteiger charge is -1.81. The van der Waals surface area contributed by atoms with Gasteiger partial charge in [-0.3, -0.25) is 0 Å². The smallest absolute Gasteiger partial charge is 0.0667 e. The largest absolute Gasteiger partial charge is 0.195 e. The monoisotopic (exact) mass is 165 g/mol. The predicted molar refractivity (Wildman–Crippen MR) is 52.7 cm³/mol. The van der Waals surface area contributed by atoms with Gasteiger partial charge in [-0.2, -0.15) is 4.99 Å². The molecule has 0 bridgehead atoms. The Morgan fingerprint density at radius 3 is 2.91 bits per heavy atom. The fraction of sp³-hybridized carbons (Fsp3) is 0.222. The number of hydrogen-bond acceptors (Lipinski definition) is 2. The van der Waals surface area contributed by atoms with Crippen molar-refractivity contribution in [1.82, 2.24) is 0 Å². The molecule has 0 aromatic rings. The second-order valence-corrected chi connectivity index (χ2v) is 2.07. The molecule has 1 nitrogen and oxygen atoms in total. The Bertz CT molecular complexity index is 220. The third kappa shape index (κ3) is 6.91. The lowest BCUT2D eigenvalue weighted by molar-refractivity contribution is 1.22. The van der Waals surface area contributed by atoms with Crippen LogP contribution < -0.4 is 0 Å². The van der Waals surface area contributed by atoms with Crippen molar-refractivity contribution >= 4 is 17.4 Å². The van der Waals surface area contributed by atoms with Crippen LogP contribution in [0.25, 0.3) is 0 Å². The van der Waals surface area contributed by atoms with Crippen LogP contribution in [0, 0.1) is 0 Å². The minimum atomic E-state index is 0.626. The molecular weight excluding hydrogens is 154 g/mol. The third-order valence-electron chi connectivity index (χ3n) is 0.961. The summed E-state index contributed by atoms with van der Waals surface area (Å²) in [6.45, 7) is 5.70. The summed E-state index contributed by atoms with van der Waals surface area (Å²) in [5, 5.41) is 2.24. The first kappa shape index (κ1) is 10.0. The van der Waals surface area contributed by atoms with Gasteiger partial charge in [-0.1, -0.05) is 31.7 Å². The van der Waals surface area contributed by atoms with Crippen molar-refractivity contribution in [3.05, 3.63) is 36.6 Å². The van der Waals surface area contributed by atoms with E-state index in [-0.39, 0.29) is 0 Å². The Morgan fingerprint density at radius 1 is 1.64 bits per heavy atom. The summed E-state index contributed by atoms with van der Waals surface area (Å²) >= 11 is 4.40. The van der Waals surface area contributed by atoms with Crippen LogP contribution in [-0.4, -0.2) is 5.16 Å². The first-order chi connectivity index (χ1) is 5.31. The third-order valence-corrected chi connectivity index (χ3v) is 1.05. The van der Waals surface area contributed by atoms with E-state index < -0.39 is 0 Å². The number of thiocarbonyl (C=S) groups is 1. The molecule has 0 amide bonds. The summed E-state index contributed by atoms with van der Waals surface area (Å²) in [5.41, 5.74) is 0.626. The minimum absolute atomic E-state index is 0.626. The summed E-state index contributed by atoms with van der Waals surface area (Å²) in [6, 6.07) is 0. The molecule has 0 aliphatic heterocycles. The molecular formula is C9H11NS. The fourth-order valence-corrected chi connectivity index (χ4v) is 0.594. The van der Waals surface area contributed by atoms with Crippen LogP contribution in [0.15, 0.2) is 41.6 Å². The summed E-state index contributed by atoms with van der Waals surface area (Å²) in [6.07, 6.45) is 8.69. The first-order valence-corrected chi connectivity index (χ1v) is 3.82. The quantitative estimate of drug-likeness (QED) is 0.354. The van der Waals surface area contributed by atoms with Crippen LogP contribution in [0.2, 0.25) is 0 Å². The van der Waals surface area contributed by atoms with Gasteiger partial charge in [0.1, 0.15) is 0 Å². The van der Waals surface area contributed by atoms with Crippen molar-refractivity contribution in [2.75, 3.05) is 0 Å². The molecule has 58 valence electrons. The van der Waals surface area contributed by atoms with Crippen molar-refractivity contribution in [3.8, 4) is 0 Å². The zero-order valence-corrected chi connectivity index (χ0v) is 7.40. The molecule has 0 aromatic heterocycles. The highest BCUT2D eigenvalue weighted by Crippen LogP contribution is 1.93. The molecule has 0 rings (SSSR count). The van der Waals surface area contributed by atoms with Gasteiger partial charge < -0.3 is 0 Å². The van der Waals surface area contributed by atoms with E-state index in [9.17, 15) is 0 Å². The predicted octanol–water partition coefficient (Wildman–Crippen LogP) is 3.13. The molecule has 0 aliphatic rings. The summed E-state index contributed by atoms with van der Waals surface area (Å²) in [4.78, 5) is 3.67. The Labute approximate surface area is 72.8 Å². The lowest BCUT2D eigenvalue weighted by Crippen LogP contribution is -1.63. The van der Waals surface area contributed by atoms with Gasteiger partial charge in [0, 0.05) is 0 Å². The molecule has 11 heavy (non-hydrogen) atoms. The molecule has 0 saturated carbocycles. The van der Waals surface area contributed by atoms with Crippen LogP contribution in [0.3, 0.4) is 0 Å². The minimum Gasteiger partial charge on any atom is -0.195 e. The molecule has 0 radical (unpaired) electrons. The number of hydrogen-bond donors (Lipinski definition) is 0. The average Bonchev–Trinajstić information content (AvgIpc) is 1.99. The van der Waals surface area contributed by atoms with Gasteiger partial charge in [0.2, 0.25) is 0 Å². The SMILES string of the molecule is C=C(/C=C\C=C/CC)N=C=S. The standard InChI is InChI=1S/C9H11NS/c1-3-4-5-6-7-9(2)10-8-11/h4-7H,2-3H2,1H3/b5-4-,7-6-. The molecule has 0 N–H and O–H groups in total. The van der Waals surface area contributed by atoms with Crippen molar-refractivity contribution in [3.63, 3.8) is 0 Å². The summed E-state index contributed by atoms with van der Waals surface area (Å²) in [5.74, 6) is 0. The second kappa shape index (κ2) is 7.13. The van der Waals surface area contributed by atoms with E-state index in [1.807, 2.05) is 18.2 Å². The van der Waals surface area contributed by atoms with E-state index in [0.29, 0.717) is 5.70 Å². The Hall–Kier alpha value is -0.980. The molecule has 0 heterocycles. The molecule has 0 aliphatic carbocycles. The van der Waals surface area contributed by atoms with Crippen LogP contribution in [0.4, 0.5) is 0 Å². The average molecular weight is 165 g/mol. The van der Waals surface area contributed by atoms with Crippen molar-refractivity contribution in [1.29, 1.82) is 0 Å². The van der Waals surface area contributed by atoms with Crippen molar-refractivity contribution in [2.45, 2.75) is 13.3 Å². The highest BCUT2D eigenvalue weighted by atomic mass is 32.1. The van der Waals surface area contributed by atoms with Gasteiger partial charge in [-0.05, 0) is 24.7 Å². The number of rotatable bonds is 4. The Kier molecular flexibility index (Phi) is 6.50.